The molecule has 1 aromatic carbocycles. The Morgan fingerprint density at radius 3 is 2.61 bits per heavy atom. The monoisotopic (exact) mass is 269 g/mol. The standard InChI is InChI=1S/C13H19NO3S/c1-13(17,10-5-3-2-4-6-10)9-18-8-7-11(14)12(15)16/h2-6,11,17H,7-9,14H2,1H3,(H,15,16). The predicted octanol–water partition coefficient (Wildman–Crippen LogP) is 1.43. The molecule has 1 aromatic rings. The van der Waals surface area contributed by atoms with Crippen LogP contribution in [0, 0.1) is 0 Å². The van der Waals surface area contributed by atoms with Crippen molar-refractivity contribution in [3.05, 3.63) is 35.9 Å². The first-order valence-corrected chi connectivity index (χ1v) is 6.93. The number of aliphatic hydroxyl groups is 1. The Morgan fingerprint density at radius 2 is 2.06 bits per heavy atom. The number of aliphatic carboxylic acids is 1. The molecule has 2 unspecified atom stereocenters. The second-order valence-electron chi connectivity index (χ2n) is 4.43. The summed E-state index contributed by atoms with van der Waals surface area (Å²) in [5.41, 5.74) is 5.36. The minimum atomic E-state index is -0.981. The van der Waals surface area contributed by atoms with Crippen LogP contribution < -0.4 is 5.73 Å². The molecule has 100 valence electrons. The molecule has 4 nitrogen and oxygen atoms in total. The largest absolute Gasteiger partial charge is 0.480 e. The van der Waals surface area contributed by atoms with Gasteiger partial charge in [0.2, 0.25) is 0 Å². The smallest absolute Gasteiger partial charge is 0.320 e. The van der Waals surface area contributed by atoms with Crippen LogP contribution in [-0.2, 0) is 10.4 Å². The van der Waals surface area contributed by atoms with Crippen LogP contribution in [0.2, 0.25) is 0 Å². The maximum absolute atomic E-state index is 10.5. The molecule has 0 saturated carbocycles. The van der Waals surface area contributed by atoms with Crippen LogP contribution in [0.1, 0.15) is 18.9 Å². The number of rotatable bonds is 7. The van der Waals surface area contributed by atoms with E-state index in [0.29, 0.717) is 17.9 Å². The number of carboxylic acid groups (broad SMARTS) is 1. The third-order valence-electron chi connectivity index (χ3n) is 2.67. The first-order chi connectivity index (χ1) is 8.43. The normalized spacial score (nSPS) is 15.9. The Hall–Kier alpha value is -1.04. The number of carboxylic acids is 1. The summed E-state index contributed by atoms with van der Waals surface area (Å²) < 4.78 is 0. The summed E-state index contributed by atoms with van der Waals surface area (Å²) in [6, 6.07) is 8.61. The third kappa shape index (κ3) is 4.68. The van der Waals surface area contributed by atoms with E-state index in [1.807, 2.05) is 30.3 Å². The first kappa shape index (κ1) is 15.0. The van der Waals surface area contributed by atoms with Gasteiger partial charge in [0.1, 0.15) is 6.04 Å². The van der Waals surface area contributed by atoms with Crippen molar-refractivity contribution in [3.63, 3.8) is 0 Å². The first-order valence-electron chi connectivity index (χ1n) is 5.77. The Labute approximate surface area is 111 Å². The van der Waals surface area contributed by atoms with Gasteiger partial charge >= 0.3 is 5.97 Å². The van der Waals surface area contributed by atoms with Gasteiger partial charge in [0, 0.05) is 5.75 Å². The Bertz CT molecular complexity index is 381. The lowest BCUT2D eigenvalue weighted by Crippen LogP contribution is -2.31. The topological polar surface area (TPSA) is 83.5 Å². The molecule has 0 radical (unpaired) electrons. The summed E-state index contributed by atoms with van der Waals surface area (Å²) in [5.74, 6) is 0.158. The molecule has 0 spiro atoms. The van der Waals surface area contributed by atoms with Gasteiger partial charge in [-0.1, -0.05) is 30.3 Å². The van der Waals surface area contributed by atoms with E-state index >= 15 is 0 Å². The molecule has 0 aliphatic heterocycles. The van der Waals surface area contributed by atoms with Gasteiger partial charge in [-0.3, -0.25) is 4.79 Å². The van der Waals surface area contributed by atoms with Crippen LogP contribution in [0.4, 0.5) is 0 Å². The van der Waals surface area contributed by atoms with Gasteiger partial charge < -0.3 is 15.9 Å². The Morgan fingerprint density at radius 1 is 1.44 bits per heavy atom. The average Bonchev–Trinajstić information content (AvgIpc) is 2.35. The highest BCUT2D eigenvalue weighted by atomic mass is 32.2. The third-order valence-corrected chi connectivity index (χ3v) is 3.96. The lowest BCUT2D eigenvalue weighted by atomic mass is 9.99. The maximum Gasteiger partial charge on any atom is 0.320 e. The molecular weight excluding hydrogens is 250 g/mol. The van der Waals surface area contributed by atoms with Gasteiger partial charge in [-0.25, -0.2) is 0 Å². The van der Waals surface area contributed by atoms with Crippen molar-refractivity contribution in [1.29, 1.82) is 0 Å². The molecule has 0 heterocycles. The SMILES string of the molecule is CC(O)(CSCCC(N)C(=O)O)c1ccccc1. The molecular formula is C13H19NO3S. The zero-order valence-corrected chi connectivity index (χ0v) is 11.2. The summed E-state index contributed by atoms with van der Waals surface area (Å²) >= 11 is 1.51. The Balaban J connectivity index is 2.37. The highest BCUT2D eigenvalue weighted by Gasteiger charge is 2.22. The van der Waals surface area contributed by atoms with Crippen LogP contribution in [0.15, 0.2) is 30.3 Å². The van der Waals surface area contributed by atoms with Crippen molar-refractivity contribution >= 4 is 17.7 Å². The lowest BCUT2D eigenvalue weighted by molar-refractivity contribution is -0.138. The molecule has 0 bridgehead atoms. The number of nitrogens with two attached hydrogens (primary N) is 1. The molecule has 2 atom stereocenters. The van der Waals surface area contributed by atoms with Crippen LogP contribution in [0.25, 0.3) is 0 Å². The van der Waals surface area contributed by atoms with Gasteiger partial charge in [-0.2, -0.15) is 11.8 Å². The molecule has 5 heteroatoms. The van der Waals surface area contributed by atoms with E-state index in [-0.39, 0.29) is 0 Å². The molecule has 0 aromatic heterocycles. The zero-order chi connectivity index (χ0) is 13.6. The molecule has 4 N–H and O–H groups in total. The molecule has 0 aliphatic rings. The summed E-state index contributed by atoms with van der Waals surface area (Å²) in [6.07, 6.45) is 0.408. The number of thioether (sulfide) groups is 1. The summed E-state index contributed by atoms with van der Waals surface area (Å²) in [4.78, 5) is 10.5. The van der Waals surface area contributed by atoms with E-state index in [2.05, 4.69) is 0 Å². The number of hydrogen-bond acceptors (Lipinski definition) is 4. The minimum Gasteiger partial charge on any atom is -0.480 e. The minimum absolute atomic E-state index is 0.408. The average molecular weight is 269 g/mol. The van der Waals surface area contributed by atoms with E-state index in [0.717, 1.165) is 5.56 Å². The van der Waals surface area contributed by atoms with Crippen LogP contribution in [-0.4, -0.2) is 33.7 Å². The van der Waals surface area contributed by atoms with Gasteiger partial charge in [0.15, 0.2) is 0 Å². The number of hydrogen-bond donors (Lipinski definition) is 3. The molecule has 0 aliphatic carbocycles. The second-order valence-corrected chi connectivity index (χ2v) is 5.53. The predicted molar refractivity (Wildman–Crippen MR) is 73.6 cm³/mol. The van der Waals surface area contributed by atoms with E-state index < -0.39 is 17.6 Å². The number of carbonyl (C=O) groups is 1. The number of benzene rings is 1. The quantitative estimate of drug-likeness (QED) is 0.652. The van der Waals surface area contributed by atoms with E-state index in [1.54, 1.807) is 6.92 Å². The van der Waals surface area contributed by atoms with E-state index in [9.17, 15) is 9.90 Å². The summed E-state index contributed by atoms with van der Waals surface area (Å²) in [6.45, 7) is 1.76. The fraction of sp³-hybridized carbons (Fsp3) is 0.462. The van der Waals surface area contributed by atoms with Gasteiger partial charge in [-0.05, 0) is 24.7 Å². The van der Waals surface area contributed by atoms with Gasteiger partial charge in [-0.15, -0.1) is 0 Å². The van der Waals surface area contributed by atoms with Gasteiger partial charge in [0.05, 0.1) is 5.60 Å². The van der Waals surface area contributed by atoms with Crippen molar-refractivity contribution < 1.29 is 15.0 Å². The lowest BCUT2D eigenvalue weighted by Gasteiger charge is -2.23. The van der Waals surface area contributed by atoms with Crippen molar-refractivity contribution in [2.45, 2.75) is 25.0 Å². The highest BCUT2D eigenvalue weighted by Crippen LogP contribution is 2.25. The van der Waals surface area contributed by atoms with Crippen LogP contribution in [0.3, 0.4) is 0 Å². The molecule has 1 rings (SSSR count). The molecule has 0 fully saturated rings. The van der Waals surface area contributed by atoms with Crippen LogP contribution in [0.5, 0.6) is 0 Å². The molecule has 0 saturated heterocycles. The van der Waals surface area contributed by atoms with E-state index in [1.165, 1.54) is 11.8 Å². The van der Waals surface area contributed by atoms with Crippen molar-refractivity contribution in [2.24, 2.45) is 5.73 Å². The summed E-state index contributed by atoms with van der Waals surface area (Å²) in [5, 5.41) is 18.9. The fourth-order valence-corrected chi connectivity index (χ4v) is 2.61. The molecule has 18 heavy (non-hydrogen) atoms. The molecule has 0 amide bonds. The van der Waals surface area contributed by atoms with E-state index in [4.69, 9.17) is 10.8 Å². The second kappa shape index (κ2) is 6.78. The van der Waals surface area contributed by atoms with Crippen molar-refractivity contribution in [2.75, 3.05) is 11.5 Å². The van der Waals surface area contributed by atoms with Crippen molar-refractivity contribution in [1.82, 2.24) is 0 Å². The Kier molecular flexibility index (Phi) is 5.65. The highest BCUT2D eigenvalue weighted by molar-refractivity contribution is 7.99. The zero-order valence-electron chi connectivity index (χ0n) is 10.4. The van der Waals surface area contributed by atoms with Crippen LogP contribution >= 0.6 is 11.8 Å². The van der Waals surface area contributed by atoms with Gasteiger partial charge in [0.25, 0.3) is 0 Å². The van der Waals surface area contributed by atoms with Crippen molar-refractivity contribution in [3.8, 4) is 0 Å². The maximum atomic E-state index is 10.5. The fourth-order valence-electron chi connectivity index (χ4n) is 1.49. The summed E-state index contributed by atoms with van der Waals surface area (Å²) in [7, 11) is 0.